The predicted octanol–water partition coefficient (Wildman–Crippen LogP) is 3.01. The van der Waals surface area contributed by atoms with Crippen LogP contribution in [0.3, 0.4) is 0 Å². The maximum absolute atomic E-state index is 11.5. The molecule has 2 aromatic carbocycles. The zero-order chi connectivity index (χ0) is 18.0. The number of benzene rings is 2. The van der Waals surface area contributed by atoms with Crippen molar-refractivity contribution in [3.8, 4) is 0 Å². The molecule has 0 atom stereocenters. The molecule has 0 radical (unpaired) electrons. The number of nitrogens with two attached hydrogens (primary N) is 1. The molecule has 0 spiro atoms. The van der Waals surface area contributed by atoms with Crippen molar-refractivity contribution in [2.24, 2.45) is 5.73 Å². The van der Waals surface area contributed by atoms with Crippen LogP contribution in [0.2, 0.25) is 0 Å². The largest absolute Gasteiger partial charge is 0.423 e. The summed E-state index contributed by atoms with van der Waals surface area (Å²) < 4.78 is 5.21. The van der Waals surface area contributed by atoms with E-state index in [2.05, 4.69) is 10.6 Å². The lowest BCUT2D eigenvalue weighted by Crippen LogP contribution is -2.22. The Balaban J connectivity index is 1.83. The van der Waals surface area contributed by atoms with Crippen LogP contribution in [0.5, 0.6) is 0 Å². The Morgan fingerprint density at radius 3 is 2.64 bits per heavy atom. The lowest BCUT2D eigenvalue weighted by atomic mass is 10.1. The number of nitrogens with one attached hydrogen (secondary N) is 2. The molecule has 0 aliphatic carbocycles. The van der Waals surface area contributed by atoms with E-state index in [1.165, 1.54) is 6.07 Å². The molecule has 0 aliphatic heterocycles. The Kier molecular flexibility index (Phi) is 4.49. The van der Waals surface area contributed by atoms with Gasteiger partial charge in [0.15, 0.2) is 5.11 Å². The Morgan fingerprint density at radius 2 is 1.88 bits per heavy atom. The number of rotatable bonds is 3. The van der Waals surface area contributed by atoms with Gasteiger partial charge in [-0.15, -0.1) is 0 Å². The van der Waals surface area contributed by atoms with Crippen LogP contribution >= 0.6 is 12.2 Å². The molecule has 126 valence electrons. The fraction of sp³-hybridized carbons (Fsp3) is 0.0556. The van der Waals surface area contributed by atoms with Crippen LogP contribution in [0.1, 0.15) is 15.9 Å². The van der Waals surface area contributed by atoms with Crippen molar-refractivity contribution in [1.29, 1.82) is 0 Å². The highest BCUT2D eigenvalue weighted by molar-refractivity contribution is 7.80. The van der Waals surface area contributed by atoms with E-state index in [4.69, 9.17) is 22.4 Å². The van der Waals surface area contributed by atoms with Gasteiger partial charge in [-0.05, 0) is 49.0 Å². The summed E-state index contributed by atoms with van der Waals surface area (Å²) in [5.74, 6) is -0.547. The Bertz CT molecular complexity index is 1040. The van der Waals surface area contributed by atoms with Gasteiger partial charge < -0.3 is 20.8 Å². The third kappa shape index (κ3) is 3.67. The molecule has 0 aliphatic rings. The maximum atomic E-state index is 11.5. The smallest absolute Gasteiger partial charge is 0.336 e. The van der Waals surface area contributed by atoms with E-state index < -0.39 is 11.5 Å². The SMILES string of the molecule is Cc1cc(=O)oc2cc(NC(=S)Nc3ccccc3C(N)=O)ccc12. The molecule has 1 heterocycles. The molecule has 6 nitrogen and oxygen atoms in total. The fourth-order valence-electron chi connectivity index (χ4n) is 2.49. The minimum Gasteiger partial charge on any atom is -0.423 e. The molecule has 0 bridgehead atoms. The van der Waals surface area contributed by atoms with Crippen molar-refractivity contribution in [2.75, 3.05) is 10.6 Å². The summed E-state index contributed by atoms with van der Waals surface area (Å²) in [5, 5.41) is 7.06. The summed E-state index contributed by atoms with van der Waals surface area (Å²) in [6.07, 6.45) is 0. The second kappa shape index (κ2) is 6.74. The normalized spacial score (nSPS) is 10.4. The highest BCUT2D eigenvalue weighted by Gasteiger charge is 2.09. The lowest BCUT2D eigenvalue weighted by Gasteiger charge is -2.13. The third-order valence-corrected chi connectivity index (χ3v) is 3.85. The van der Waals surface area contributed by atoms with Crippen LogP contribution in [-0.2, 0) is 0 Å². The molecule has 1 amide bonds. The molecule has 3 aromatic rings. The number of carbonyl (C=O) groups excluding carboxylic acids is 1. The molecule has 0 saturated heterocycles. The Hall–Kier alpha value is -3.19. The van der Waals surface area contributed by atoms with Gasteiger partial charge in [0.2, 0.25) is 0 Å². The second-order valence-electron chi connectivity index (χ2n) is 5.45. The summed E-state index contributed by atoms with van der Waals surface area (Å²) in [4.78, 5) is 23.0. The molecule has 7 heteroatoms. The average Bonchev–Trinajstić information content (AvgIpc) is 2.54. The van der Waals surface area contributed by atoms with Crippen LogP contribution in [0.15, 0.2) is 57.7 Å². The predicted molar refractivity (Wildman–Crippen MR) is 102 cm³/mol. The van der Waals surface area contributed by atoms with Crippen molar-refractivity contribution < 1.29 is 9.21 Å². The van der Waals surface area contributed by atoms with Gasteiger partial charge in [-0.25, -0.2) is 4.79 Å². The van der Waals surface area contributed by atoms with Gasteiger partial charge in [-0.3, -0.25) is 4.79 Å². The lowest BCUT2D eigenvalue weighted by molar-refractivity contribution is 0.100. The molecular formula is C18H15N3O3S. The van der Waals surface area contributed by atoms with Gasteiger partial charge >= 0.3 is 5.63 Å². The monoisotopic (exact) mass is 353 g/mol. The number of aryl methyl sites for hydroxylation is 1. The van der Waals surface area contributed by atoms with E-state index in [-0.39, 0.29) is 5.11 Å². The zero-order valence-electron chi connectivity index (χ0n) is 13.3. The number of carbonyl (C=O) groups is 1. The van der Waals surface area contributed by atoms with E-state index in [9.17, 15) is 9.59 Å². The Morgan fingerprint density at radius 1 is 1.12 bits per heavy atom. The zero-order valence-corrected chi connectivity index (χ0v) is 14.1. The summed E-state index contributed by atoms with van der Waals surface area (Å²) in [7, 11) is 0. The van der Waals surface area contributed by atoms with E-state index in [1.54, 1.807) is 30.3 Å². The first kappa shape index (κ1) is 16.7. The van der Waals surface area contributed by atoms with Crippen LogP contribution in [0.25, 0.3) is 11.0 Å². The summed E-state index contributed by atoms with van der Waals surface area (Å²) >= 11 is 5.27. The van der Waals surface area contributed by atoms with E-state index >= 15 is 0 Å². The third-order valence-electron chi connectivity index (χ3n) is 3.65. The minimum atomic E-state index is -0.547. The van der Waals surface area contributed by atoms with Gasteiger partial charge in [0.1, 0.15) is 5.58 Å². The number of primary amides is 1. The molecular weight excluding hydrogens is 338 g/mol. The van der Waals surface area contributed by atoms with Crippen LogP contribution < -0.4 is 22.0 Å². The van der Waals surface area contributed by atoms with Crippen molar-refractivity contribution in [3.05, 3.63) is 70.1 Å². The van der Waals surface area contributed by atoms with E-state index in [0.717, 1.165) is 10.9 Å². The number of amides is 1. The van der Waals surface area contributed by atoms with Crippen LogP contribution in [0.4, 0.5) is 11.4 Å². The van der Waals surface area contributed by atoms with Gasteiger partial charge in [0.05, 0.1) is 11.3 Å². The number of thiocarbonyl (C=S) groups is 1. The molecule has 25 heavy (non-hydrogen) atoms. The second-order valence-corrected chi connectivity index (χ2v) is 5.86. The molecule has 0 fully saturated rings. The van der Waals surface area contributed by atoms with Crippen molar-refractivity contribution in [1.82, 2.24) is 0 Å². The van der Waals surface area contributed by atoms with Gasteiger partial charge in [-0.2, -0.15) is 0 Å². The number of anilines is 2. The molecule has 3 rings (SSSR count). The highest BCUT2D eigenvalue weighted by atomic mass is 32.1. The first-order chi connectivity index (χ1) is 11.9. The highest BCUT2D eigenvalue weighted by Crippen LogP contribution is 2.21. The molecule has 0 saturated carbocycles. The number of hydrogen-bond donors (Lipinski definition) is 3. The topological polar surface area (TPSA) is 97.4 Å². The quantitative estimate of drug-likeness (QED) is 0.495. The van der Waals surface area contributed by atoms with Gasteiger partial charge in [-0.1, -0.05) is 12.1 Å². The minimum absolute atomic E-state index is 0.281. The Labute approximate surface area is 148 Å². The maximum Gasteiger partial charge on any atom is 0.336 e. The summed E-state index contributed by atoms with van der Waals surface area (Å²) in [6.45, 7) is 1.85. The standard InChI is InChI=1S/C18H15N3O3S/c1-10-8-16(22)24-15-9-11(6-7-12(10)15)20-18(25)21-14-5-3-2-4-13(14)17(19)23/h2-9H,1H3,(H2,19,23)(H2,20,21,25). The number of hydrogen-bond acceptors (Lipinski definition) is 4. The van der Waals surface area contributed by atoms with Crippen LogP contribution in [0, 0.1) is 6.92 Å². The van der Waals surface area contributed by atoms with E-state index in [0.29, 0.717) is 22.5 Å². The molecule has 4 N–H and O–H groups in total. The van der Waals surface area contributed by atoms with Crippen LogP contribution in [-0.4, -0.2) is 11.0 Å². The van der Waals surface area contributed by atoms with Crippen molar-refractivity contribution in [2.45, 2.75) is 6.92 Å². The van der Waals surface area contributed by atoms with E-state index in [1.807, 2.05) is 19.1 Å². The first-order valence-corrected chi connectivity index (χ1v) is 7.86. The molecule has 1 aromatic heterocycles. The van der Waals surface area contributed by atoms with Crippen molar-refractivity contribution in [3.63, 3.8) is 0 Å². The summed E-state index contributed by atoms with van der Waals surface area (Å²) in [5.41, 5.74) is 7.75. The summed E-state index contributed by atoms with van der Waals surface area (Å²) in [6, 6.07) is 13.6. The van der Waals surface area contributed by atoms with Gasteiger partial charge in [0.25, 0.3) is 5.91 Å². The molecule has 0 unspecified atom stereocenters. The van der Waals surface area contributed by atoms with Gasteiger partial charge in [0, 0.05) is 23.2 Å². The number of para-hydroxylation sites is 1. The average molecular weight is 353 g/mol. The number of fused-ring (bicyclic) bond motifs is 1. The fourth-order valence-corrected chi connectivity index (χ4v) is 2.72. The van der Waals surface area contributed by atoms with Crippen molar-refractivity contribution >= 4 is 45.6 Å². The first-order valence-electron chi connectivity index (χ1n) is 7.45.